The van der Waals surface area contributed by atoms with E-state index in [1.165, 1.54) is 18.2 Å². The molecule has 9 nitrogen and oxygen atoms in total. The molecule has 2 aromatic rings. The van der Waals surface area contributed by atoms with Crippen molar-refractivity contribution in [2.24, 2.45) is 4.99 Å². The lowest BCUT2D eigenvalue weighted by atomic mass is 10.2. The van der Waals surface area contributed by atoms with Gasteiger partial charge in [0.05, 0.1) is 23.8 Å². The number of aryl methyl sites for hydroxylation is 1. The highest BCUT2D eigenvalue weighted by molar-refractivity contribution is 6.35. The Morgan fingerprint density at radius 1 is 1.21 bits per heavy atom. The summed E-state index contributed by atoms with van der Waals surface area (Å²) in [5, 5.41) is 10.8. The van der Waals surface area contributed by atoms with Crippen LogP contribution in [0.5, 0.6) is 5.75 Å². The van der Waals surface area contributed by atoms with Gasteiger partial charge < -0.3 is 9.47 Å². The van der Waals surface area contributed by atoms with Gasteiger partial charge in [-0.1, -0.05) is 23.8 Å². The monoisotopic (exact) mass is 386 g/mol. The maximum atomic E-state index is 12.0. The SMILES string of the molecule is CCOC(=O)C(=NCCOc1ccc(C)cc1)NNc1cccc([N+](=O)[O-])c1. The standard InChI is InChI=1S/C19H22N4O5/c1-3-27-19(24)18(20-11-12-28-17-9-7-14(2)8-10-17)22-21-15-5-4-6-16(13-15)23(25)26/h4-10,13,21H,3,11-12H2,1-2H3,(H,20,22). The van der Waals surface area contributed by atoms with E-state index in [0.29, 0.717) is 11.4 Å². The first-order chi connectivity index (χ1) is 13.5. The van der Waals surface area contributed by atoms with Crippen molar-refractivity contribution >= 4 is 23.2 Å². The minimum absolute atomic E-state index is 0.0548. The number of hydrogen-bond acceptors (Lipinski definition) is 7. The van der Waals surface area contributed by atoms with Crippen molar-refractivity contribution in [2.75, 3.05) is 25.2 Å². The fraction of sp³-hybridized carbons (Fsp3) is 0.263. The summed E-state index contributed by atoms with van der Waals surface area (Å²) in [6.45, 7) is 4.34. The van der Waals surface area contributed by atoms with Gasteiger partial charge in [-0.25, -0.2) is 4.79 Å². The number of amidine groups is 1. The van der Waals surface area contributed by atoms with E-state index in [4.69, 9.17) is 9.47 Å². The molecule has 0 aliphatic rings. The number of nitro groups is 1. The summed E-state index contributed by atoms with van der Waals surface area (Å²) in [5.74, 6) is 0.0118. The molecule has 9 heteroatoms. The van der Waals surface area contributed by atoms with Crippen LogP contribution in [0.25, 0.3) is 0 Å². The van der Waals surface area contributed by atoms with Crippen molar-refractivity contribution in [3.8, 4) is 5.75 Å². The molecule has 0 fully saturated rings. The molecule has 0 saturated heterocycles. The Balaban J connectivity index is 1.95. The molecule has 0 saturated carbocycles. The number of carbonyl (C=O) groups is 1. The Morgan fingerprint density at radius 2 is 1.96 bits per heavy atom. The third-order valence-corrected chi connectivity index (χ3v) is 3.50. The topological polar surface area (TPSA) is 115 Å². The average Bonchev–Trinajstić information content (AvgIpc) is 2.69. The first-order valence-electron chi connectivity index (χ1n) is 8.67. The molecule has 2 N–H and O–H groups in total. The van der Waals surface area contributed by atoms with Crippen molar-refractivity contribution in [3.05, 3.63) is 64.2 Å². The van der Waals surface area contributed by atoms with Crippen LogP contribution in [0, 0.1) is 17.0 Å². The molecule has 0 bridgehead atoms. The molecule has 0 spiro atoms. The highest BCUT2D eigenvalue weighted by Gasteiger charge is 2.13. The van der Waals surface area contributed by atoms with Crippen LogP contribution in [0.3, 0.4) is 0 Å². The van der Waals surface area contributed by atoms with E-state index < -0.39 is 10.9 Å². The zero-order valence-electron chi connectivity index (χ0n) is 15.7. The second kappa shape index (κ2) is 10.5. The molecule has 0 aliphatic heterocycles. The lowest BCUT2D eigenvalue weighted by Crippen LogP contribution is -2.37. The van der Waals surface area contributed by atoms with Crippen molar-refractivity contribution < 1.29 is 19.2 Å². The van der Waals surface area contributed by atoms with Gasteiger partial charge >= 0.3 is 5.97 Å². The Bertz CT molecular complexity index is 836. The number of carbonyl (C=O) groups excluding carboxylic acids is 1. The number of rotatable bonds is 8. The molecule has 28 heavy (non-hydrogen) atoms. The van der Waals surface area contributed by atoms with E-state index in [9.17, 15) is 14.9 Å². The Hall–Kier alpha value is -3.62. The molecule has 0 heterocycles. The van der Waals surface area contributed by atoms with Crippen LogP contribution in [0.4, 0.5) is 11.4 Å². The maximum Gasteiger partial charge on any atom is 0.375 e. The summed E-state index contributed by atoms with van der Waals surface area (Å²) in [6.07, 6.45) is 0. The summed E-state index contributed by atoms with van der Waals surface area (Å²) in [7, 11) is 0. The molecule has 148 valence electrons. The van der Waals surface area contributed by atoms with Gasteiger partial charge in [-0.3, -0.25) is 26.0 Å². The van der Waals surface area contributed by atoms with Gasteiger partial charge in [0.2, 0.25) is 5.84 Å². The molecule has 0 radical (unpaired) electrons. The molecule has 0 amide bonds. The van der Waals surface area contributed by atoms with Crippen molar-refractivity contribution in [2.45, 2.75) is 13.8 Å². The quantitative estimate of drug-likeness (QED) is 0.179. The van der Waals surface area contributed by atoms with Crippen LogP contribution >= 0.6 is 0 Å². The van der Waals surface area contributed by atoms with Gasteiger partial charge in [-0.2, -0.15) is 0 Å². The first-order valence-corrected chi connectivity index (χ1v) is 8.67. The van der Waals surface area contributed by atoms with Crippen LogP contribution < -0.4 is 15.6 Å². The summed E-state index contributed by atoms with van der Waals surface area (Å²) in [4.78, 5) is 26.5. The van der Waals surface area contributed by atoms with Gasteiger partial charge in [0.25, 0.3) is 5.69 Å². The number of ether oxygens (including phenoxy) is 2. The summed E-state index contributed by atoms with van der Waals surface area (Å²) in [6, 6.07) is 13.4. The van der Waals surface area contributed by atoms with Gasteiger partial charge in [0.1, 0.15) is 12.4 Å². The Labute approximate surface area is 162 Å². The van der Waals surface area contributed by atoms with Gasteiger partial charge in [-0.05, 0) is 32.0 Å². The molecule has 0 atom stereocenters. The third kappa shape index (κ3) is 6.60. The van der Waals surface area contributed by atoms with Crippen molar-refractivity contribution in [3.63, 3.8) is 0 Å². The lowest BCUT2D eigenvalue weighted by molar-refractivity contribution is -0.384. The molecular formula is C19H22N4O5. The smallest absolute Gasteiger partial charge is 0.375 e. The van der Waals surface area contributed by atoms with Crippen LogP contribution in [0.1, 0.15) is 12.5 Å². The number of hydrazine groups is 1. The number of benzene rings is 2. The fourth-order valence-electron chi connectivity index (χ4n) is 2.14. The zero-order valence-corrected chi connectivity index (χ0v) is 15.7. The van der Waals surface area contributed by atoms with E-state index in [-0.39, 0.29) is 31.3 Å². The zero-order chi connectivity index (χ0) is 20.4. The molecule has 0 unspecified atom stereocenters. The van der Waals surface area contributed by atoms with Gasteiger partial charge in [0, 0.05) is 12.1 Å². The number of non-ortho nitro benzene ring substituents is 1. The molecule has 0 aliphatic carbocycles. The second-order valence-corrected chi connectivity index (χ2v) is 5.67. The van der Waals surface area contributed by atoms with E-state index in [2.05, 4.69) is 15.8 Å². The number of nitrogens with one attached hydrogen (secondary N) is 2. The number of esters is 1. The highest BCUT2D eigenvalue weighted by atomic mass is 16.6. The van der Waals surface area contributed by atoms with Crippen molar-refractivity contribution in [1.29, 1.82) is 0 Å². The predicted molar refractivity (Wildman–Crippen MR) is 105 cm³/mol. The van der Waals surface area contributed by atoms with E-state index in [0.717, 1.165) is 5.56 Å². The van der Waals surface area contributed by atoms with Crippen molar-refractivity contribution in [1.82, 2.24) is 5.43 Å². The van der Waals surface area contributed by atoms with Crippen LogP contribution in [-0.4, -0.2) is 36.5 Å². The van der Waals surface area contributed by atoms with E-state index in [1.807, 2.05) is 31.2 Å². The summed E-state index contributed by atoms with van der Waals surface area (Å²) >= 11 is 0. The molecular weight excluding hydrogens is 364 g/mol. The maximum absolute atomic E-state index is 12.0. The minimum Gasteiger partial charge on any atom is -0.492 e. The lowest BCUT2D eigenvalue weighted by Gasteiger charge is -2.12. The third-order valence-electron chi connectivity index (χ3n) is 3.50. The second-order valence-electron chi connectivity index (χ2n) is 5.67. The molecule has 2 rings (SSSR count). The van der Waals surface area contributed by atoms with Crippen LogP contribution in [-0.2, 0) is 9.53 Å². The normalized spacial score (nSPS) is 10.9. The number of hydrogen-bond donors (Lipinski definition) is 2. The fourth-order valence-corrected chi connectivity index (χ4v) is 2.14. The number of nitrogens with zero attached hydrogens (tertiary/aromatic N) is 2. The van der Waals surface area contributed by atoms with Gasteiger partial charge in [0.15, 0.2) is 0 Å². The predicted octanol–water partition coefficient (Wildman–Crippen LogP) is 2.86. The number of nitro benzene ring substituents is 1. The van der Waals surface area contributed by atoms with E-state index in [1.54, 1.807) is 13.0 Å². The first kappa shape index (κ1) is 20.7. The summed E-state index contributed by atoms with van der Waals surface area (Å²) in [5.41, 5.74) is 6.82. The number of anilines is 1. The molecule has 2 aromatic carbocycles. The summed E-state index contributed by atoms with van der Waals surface area (Å²) < 4.78 is 10.5. The number of aliphatic imine (C=N–C) groups is 1. The van der Waals surface area contributed by atoms with E-state index >= 15 is 0 Å². The Kier molecular flexibility index (Phi) is 7.77. The molecule has 0 aromatic heterocycles. The minimum atomic E-state index is -0.643. The van der Waals surface area contributed by atoms with Crippen LogP contribution in [0.2, 0.25) is 0 Å². The average molecular weight is 386 g/mol. The highest BCUT2D eigenvalue weighted by Crippen LogP contribution is 2.16. The Morgan fingerprint density at radius 3 is 2.64 bits per heavy atom. The largest absolute Gasteiger partial charge is 0.492 e. The van der Waals surface area contributed by atoms with Crippen LogP contribution in [0.15, 0.2) is 53.5 Å². The van der Waals surface area contributed by atoms with Gasteiger partial charge in [-0.15, -0.1) is 0 Å².